The molecule has 0 aliphatic heterocycles. The van der Waals surface area contributed by atoms with E-state index in [-0.39, 0.29) is 17.6 Å². The second-order valence-electron chi connectivity index (χ2n) is 2.78. The Morgan fingerprint density at radius 3 is 2.57 bits per heavy atom. The Labute approximate surface area is 87.1 Å². The Hall–Kier alpha value is -1.35. The van der Waals surface area contributed by atoms with Crippen LogP contribution in [0.5, 0.6) is 0 Å². The zero-order valence-corrected chi connectivity index (χ0v) is 8.47. The van der Waals surface area contributed by atoms with E-state index in [1.807, 2.05) is 0 Å². The summed E-state index contributed by atoms with van der Waals surface area (Å²) < 4.78 is 0. The van der Waals surface area contributed by atoms with Crippen LogP contribution in [0.1, 0.15) is 17.3 Å². The number of ketones is 1. The van der Waals surface area contributed by atoms with Crippen molar-refractivity contribution in [1.29, 1.82) is 0 Å². The summed E-state index contributed by atoms with van der Waals surface area (Å²) in [6.07, 6.45) is 0. The van der Waals surface area contributed by atoms with Gasteiger partial charge in [-0.1, -0.05) is 12.1 Å². The van der Waals surface area contributed by atoms with Gasteiger partial charge in [0.25, 0.3) is 0 Å². The molecule has 1 aromatic rings. The fourth-order valence-corrected chi connectivity index (χ4v) is 1.15. The fourth-order valence-electron chi connectivity index (χ4n) is 1.08. The molecule has 4 heteroatoms. The lowest BCUT2D eigenvalue weighted by Gasteiger charge is -2.06. The van der Waals surface area contributed by atoms with Gasteiger partial charge in [-0.05, 0) is 19.1 Å². The van der Waals surface area contributed by atoms with Crippen LogP contribution in [0.2, 0.25) is 0 Å². The number of carbonyl (C=O) groups excluding carboxylic acids is 2. The van der Waals surface area contributed by atoms with Gasteiger partial charge in [-0.15, -0.1) is 11.6 Å². The van der Waals surface area contributed by atoms with Crippen LogP contribution in [-0.2, 0) is 4.79 Å². The van der Waals surface area contributed by atoms with Gasteiger partial charge in [-0.25, -0.2) is 0 Å². The van der Waals surface area contributed by atoms with Crippen LogP contribution in [0.15, 0.2) is 24.3 Å². The Morgan fingerprint density at radius 2 is 2.00 bits per heavy atom. The molecule has 74 valence electrons. The van der Waals surface area contributed by atoms with Gasteiger partial charge < -0.3 is 5.32 Å². The van der Waals surface area contributed by atoms with Crippen LogP contribution in [0.4, 0.5) is 5.69 Å². The van der Waals surface area contributed by atoms with Crippen molar-refractivity contribution in [2.24, 2.45) is 0 Å². The first-order chi connectivity index (χ1) is 6.65. The number of hydrogen-bond donors (Lipinski definition) is 1. The minimum atomic E-state index is -0.319. The highest BCUT2D eigenvalue weighted by atomic mass is 35.5. The molecule has 1 aromatic carbocycles. The third-order valence-electron chi connectivity index (χ3n) is 1.70. The van der Waals surface area contributed by atoms with Crippen molar-refractivity contribution >= 4 is 29.0 Å². The molecule has 0 radical (unpaired) electrons. The summed E-state index contributed by atoms with van der Waals surface area (Å²) in [5.41, 5.74) is 0.997. The predicted molar refractivity (Wildman–Crippen MR) is 55.8 cm³/mol. The summed E-state index contributed by atoms with van der Waals surface area (Å²) in [5, 5.41) is 2.55. The quantitative estimate of drug-likeness (QED) is 0.615. The number of nitrogens with one attached hydrogen (secondary N) is 1. The minimum absolute atomic E-state index is 0.0875. The Balaban J connectivity index is 2.95. The van der Waals surface area contributed by atoms with Gasteiger partial charge in [0.15, 0.2) is 5.78 Å². The first-order valence-electron chi connectivity index (χ1n) is 4.11. The van der Waals surface area contributed by atoms with E-state index in [0.717, 1.165) is 0 Å². The summed E-state index contributed by atoms with van der Waals surface area (Å²) in [4.78, 5) is 22.2. The predicted octanol–water partition coefficient (Wildman–Crippen LogP) is 2.07. The molecule has 0 atom stereocenters. The highest BCUT2D eigenvalue weighted by Crippen LogP contribution is 2.15. The van der Waals surface area contributed by atoms with Gasteiger partial charge in [0.05, 0.1) is 5.69 Å². The topological polar surface area (TPSA) is 46.2 Å². The second kappa shape index (κ2) is 4.77. The molecule has 1 N–H and O–H groups in total. The molecule has 0 saturated carbocycles. The molecule has 0 heterocycles. The summed E-state index contributed by atoms with van der Waals surface area (Å²) in [5.74, 6) is -0.525. The average molecular weight is 212 g/mol. The maximum Gasteiger partial charge on any atom is 0.239 e. The number of amides is 1. The maximum atomic E-state index is 11.2. The van der Waals surface area contributed by atoms with Gasteiger partial charge in [0, 0.05) is 5.56 Å². The van der Waals surface area contributed by atoms with Gasteiger partial charge >= 0.3 is 0 Å². The van der Waals surface area contributed by atoms with E-state index in [1.54, 1.807) is 24.3 Å². The number of alkyl halides is 1. The molecule has 3 nitrogen and oxygen atoms in total. The van der Waals surface area contributed by atoms with Crippen molar-refractivity contribution in [1.82, 2.24) is 0 Å². The number of hydrogen-bond acceptors (Lipinski definition) is 2. The lowest BCUT2D eigenvalue weighted by Crippen LogP contribution is -2.14. The standard InChI is InChI=1S/C10H10ClNO2/c1-7(13)8-4-2-3-5-9(8)12-10(14)6-11/h2-5H,6H2,1H3,(H,12,14). The molecular formula is C10H10ClNO2. The van der Waals surface area contributed by atoms with Crippen LogP contribution < -0.4 is 5.32 Å². The van der Waals surface area contributed by atoms with Crippen LogP contribution in [-0.4, -0.2) is 17.6 Å². The SMILES string of the molecule is CC(=O)c1ccccc1NC(=O)CCl. The molecule has 0 fully saturated rings. The van der Waals surface area contributed by atoms with E-state index >= 15 is 0 Å². The van der Waals surface area contributed by atoms with Gasteiger partial charge in [0.1, 0.15) is 5.88 Å². The van der Waals surface area contributed by atoms with Crippen LogP contribution in [0.25, 0.3) is 0 Å². The van der Waals surface area contributed by atoms with E-state index in [4.69, 9.17) is 11.6 Å². The molecular weight excluding hydrogens is 202 g/mol. The number of Topliss-reactive ketones (excluding diaryl/α,β-unsaturated/α-hetero) is 1. The summed E-state index contributed by atoms with van der Waals surface area (Å²) >= 11 is 5.34. The Morgan fingerprint density at radius 1 is 1.36 bits per heavy atom. The summed E-state index contributed by atoms with van der Waals surface area (Å²) in [6, 6.07) is 6.82. The smallest absolute Gasteiger partial charge is 0.239 e. The van der Waals surface area contributed by atoms with E-state index in [0.29, 0.717) is 11.3 Å². The van der Waals surface area contributed by atoms with Crippen molar-refractivity contribution < 1.29 is 9.59 Å². The molecule has 0 aromatic heterocycles. The molecule has 14 heavy (non-hydrogen) atoms. The van der Waals surface area contributed by atoms with Gasteiger partial charge in [-0.3, -0.25) is 9.59 Å². The number of benzene rings is 1. The second-order valence-corrected chi connectivity index (χ2v) is 3.05. The first kappa shape index (κ1) is 10.7. The van der Waals surface area contributed by atoms with Gasteiger partial charge in [0.2, 0.25) is 5.91 Å². The van der Waals surface area contributed by atoms with E-state index in [2.05, 4.69) is 5.32 Å². The van der Waals surface area contributed by atoms with Crippen molar-refractivity contribution in [3.8, 4) is 0 Å². The summed E-state index contributed by atoms with van der Waals surface area (Å²) in [7, 11) is 0. The van der Waals surface area contributed by atoms with Crippen LogP contribution in [0, 0.1) is 0 Å². The van der Waals surface area contributed by atoms with Crippen molar-refractivity contribution in [2.75, 3.05) is 11.2 Å². The molecule has 0 saturated heterocycles. The van der Waals surface area contributed by atoms with Crippen LogP contribution in [0.3, 0.4) is 0 Å². The van der Waals surface area contributed by atoms with Crippen molar-refractivity contribution in [2.45, 2.75) is 6.92 Å². The first-order valence-corrected chi connectivity index (χ1v) is 4.64. The van der Waals surface area contributed by atoms with E-state index < -0.39 is 0 Å². The molecule has 1 rings (SSSR count). The monoisotopic (exact) mass is 211 g/mol. The van der Waals surface area contributed by atoms with E-state index in [1.165, 1.54) is 6.92 Å². The third kappa shape index (κ3) is 2.57. The van der Waals surface area contributed by atoms with Crippen molar-refractivity contribution in [3.05, 3.63) is 29.8 Å². The normalized spacial score (nSPS) is 9.57. The van der Waals surface area contributed by atoms with Crippen LogP contribution >= 0.6 is 11.6 Å². The summed E-state index contributed by atoms with van der Waals surface area (Å²) in [6.45, 7) is 1.45. The zero-order chi connectivity index (χ0) is 10.6. The molecule has 0 unspecified atom stereocenters. The van der Waals surface area contributed by atoms with E-state index in [9.17, 15) is 9.59 Å². The highest BCUT2D eigenvalue weighted by Gasteiger charge is 2.07. The zero-order valence-electron chi connectivity index (χ0n) is 7.71. The average Bonchev–Trinajstić information content (AvgIpc) is 2.18. The number of rotatable bonds is 3. The molecule has 0 aliphatic carbocycles. The Kier molecular flexibility index (Phi) is 3.65. The molecule has 0 spiro atoms. The van der Waals surface area contributed by atoms with Gasteiger partial charge in [-0.2, -0.15) is 0 Å². The fraction of sp³-hybridized carbons (Fsp3) is 0.200. The third-order valence-corrected chi connectivity index (χ3v) is 1.94. The number of para-hydroxylation sites is 1. The Bertz CT molecular complexity index is 363. The maximum absolute atomic E-state index is 11.2. The number of carbonyl (C=O) groups is 2. The lowest BCUT2D eigenvalue weighted by atomic mass is 10.1. The van der Waals surface area contributed by atoms with Crippen molar-refractivity contribution in [3.63, 3.8) is 0 Å². The number of anilines is 1. The largest absolute Gasteiger partial charge is 0.324 e. The number of halogens is 1. The lowest BCUT2D eigenvalue weighted by molar-refractivity contribution is -0.113. The minimum Gasteiger partial charge on any atom is -0.324 e. The molecule has 0 bridgehead atoms. The molecule has 0 aliphatic rings. The highest BCUT2D eigenvalue weighted by molar-refractivity contribution is 6.29. The molecule has 1 amide bonds.